The van der Waals surface area contributed by atoms with Crippen molar-refractivity contribution in [2.45, 2.75) is 116 Å². The summed E-state index contributed by atoms with van der Waals surface area (Å²) in [5.41, 5.74) is 18.5. The summed E-state index contributed by atoms with van der Waals surface area (Å²) in [7, 11) is 1.79. The molecule has 4 heterocycles. The number of amides is 2. The zero-order chi connectivity index (χ0) is 100. The fourth-order valence-electron chi connectivity index (χ4n) is 20.1. The third kappa shape index (κ3) is 17.9. The minimum Gasteiger partial charge on any atom is -0.441 e. The van der Waals surface area contributed by atoms with E-state index in [1.54, 1.807) is 171 Å². The Morgan fingerprint density at radius 1 is 0.277 bits per heavy atom. The monoisotopic (exact) mass is 1860 g/mol. The van der Waals surface area contributed by atoms with Gasteiger partial charge in [-0.1, -0.05) is 340 Å². The number of aryl methyl sites for hydroxylation is 1. The van der Waals surface area contributed by atoms with Crippen LogP contribution in [-0.2, 0) is 43.5 Å². The van der Waals surface area contributed by atoms with Crippen molar-refractivity contribution in [1.82, 2.24) is 10.2 Å². The number of rotatable bonds is 20. The first-order valence-electron chi connectivity index (χ1n) is 46.4. The van der Waals surface area contributed by atoms with Crippen LogP contribution in [0.4, 0.5) is 0 Å². The molecular formula is C123H100N2O16. The van der Waals surface area contributed by atoms with Gasteiger partial charge in [0.25, 0.3) is 11.8 Å². The molecule has 2 amide bonds. The summed E-state index contributed by atoms with van der Waals surface area (Å²) < 4.78 is 11.6. The number of ether oxygens (including phenoxy) is 2. The minimum atomic E-state index is -1.15. The molecule has 0 aromatic heterocycles. The van der Waals surface area contributed by atoms with Gasteiger partial charge in [0, 0.05) is 101 Å². The van der Waals surface area contributed by atoms with E-state index < -0.39 is 34.0 Å². The summed E-state index contributed by atoms with van der Waals surface area (Å²) in [5.74, 6) is -0.530. The second kappa shape index (κ2) is 39.9. The van der Waals surface area contributed by atoms with Crippen LogP contribution in [0.25, 0.3) is 0 Å². The summed E-state index contributed by atoms with van der Waals surface area (Å²) in [6.07, 6.45) is 3.18. The zero-order valence-corrected chi connectivity index (χ0v) is 79.7. The van der Waals surface area contributed by atoms with Crippen molar-refractivity contribution < 1.29 is 76.6 Å². The predicted molar refractivity (Wildman–Crippen MR) is 540 cm³/mol. The molecule has 0 spiro atoms. The van der Waals surface area contributed by atoms with Gasteiger partial charge in [0.15, 0.2) is 63.4 Å². The Kier molecular flexibility index (Phi) is 27.4. The number of ketones is 10. The number of carbonyl (C=O) groups is 14. The second-order valence-corrected chi connectivity index (χ2v) is 35.9. The molecule has 15 aromatic carbocycles. The molecule has 1 N–H and O–H groups in total. The Morgan fingerprint density at radius 2 is 0.560 bits per heavy atom. The van der Waals surface area contributed by atoms with Gasteiger partial charge in [-0.3, -0.25) is 57.5 Å². The first-order valence-corrected chi connectivity index (χ1v) is 46.4. The lowest BCUT2D eigenvalue weighted by atomic mass is 9.62. The Bertz CT molecular complexity index is 7060. The maximum Gasteiger partial charge on any atom is 0.340 e. The number of fused-ring (bicyclic) bond motifs is 5. The number of Topliss-reactive ketones (excluding diaryl/α,β-unsaturated/α-hetero) is 10. The maximum atomic E-state index is 13.2. The fourth-order valence-corrected chi connectivity index (χ4v) is 20.1. The molecule has 1 aliphatic carbocycles. The first kappa shape index (κ1) is 97.0. The van der Waals surface area contributed by atoms with Gasteiger partial charge >= 0.3 is 11.9 Å². The topological polar surface area (TPSA) is 273 Å². The van der Waals surface area contributed by atoms with E-state index in [0.29, 0.717) is 78.1 Å². The number of hydrogen-bond donors (Lipinski definition) is 1. The van der Waals surface area contributed by atoms with Gasteiger partial charge in [-0.2, -0.15) is 0 Å². The molecule has 4 aliphatic heterocycles. The highest BCUT2D eigenvalue weighted by Crippen LogP contribution is 2.54. The van der Waals surface area contributed by atoms with E-state index in [1.807, 2.05) is 170 Å². The molecule has 18 nitrogen and oxygen atoms in total. The van der Waals surface area contributed by atoms with Crippen LogP contribution in [0.3, 0.4) is 0 Å². The van der Waals surface area contributed by atoms with Gasteiger partial charge in [-0.25, -0.2) is 9.59 Å². The summed E-state index contributed by atoms with van der Waals surface area (Å²) in [5, 5.41) is 3.15. The van der Waals surface area contributed by atoms with Crippen molar-refractivity contribution in [1.29, 1.82) is 0 Å². The molecule has 0 saturated carbocycles. The molecule has 15 aromatic rings. The normalized spacial score (nSPS) is 14.5. The minimum absolute atomic E-state index is 0.00679. The molecule has 141 heavy (non-hydrogen) atoms. The van der Waals surface area contributed by atoms with Crippen LogP contribution in [0, 0.1) is 0 Å². The number of cyclic esters (lactones) is 1. The SMILES string of the molecule is CC(=O)c1ccc(C2(c3ccc(C(C)=O)cc3)C(=O)Oc3ccccc32)cc1.CC(=O)c1ccc(C2(c3ccc(C(C)=O)cc3)CCCc3ccccc32)cc1.CC(=O)c1ccc(C2(c3ccc(C(C)=O)cc3)NC(=O)c3ccccc32)cc1.CC(=O)c1ccc(C2(c3ccc(C(C)=O)cc3)OC(=O)c3ccccc32)cc1.CC(=O)c1ccc(C2(c3ccc(C(C)=O)cc3)c3ccccc3C(=O)N2C)cc1. The highest BCUT2D eigenvalue weighted by Gasteiger charge is 2.54. The summed E-state index contributed by atoms with van der Waals surface area (Å²) in [6.45, 7) is 15.3. The lowest BCUT2D eigenvalue weighted by Crippen LogP contribution is -2.43. The van der Waals surface area contributed by atoms with Gasteiger partial charge in [-0.05, 0) is 180 Å². The van der Waals surface area contributed by atoms with Gasteiger partial charge in [-0.15, -0.1) is 0 Å². The van der Waals surface area contributed by atoms with E-state index in [1.165, 1.54) is 77.6 Å². The zero-order valence-electron chi connectivity index (χ0n) is 79.7. The van der Waals surface area contributed by atoms with Crippen LogP contribution in [0.2, 0.25) is 0 Å². The van der Waals surface area contributed by atoms with Crippen LogP contribution >= 0.6 is 0 Å². The van der Waals surface area contributed by atoms with Crippen LogP contribution in [0.15, 0.2) is 364 Å². The van der Waals surface area contributed by atoms with Crippen molar-refractivity contribution >= 4 is 81.6 Å². The Hall–Kier alpha value is -17.1. The maximum absolute atomic E-state index is 13.2. The Balaban J connectivity index is 0.000000127. The molecular weight excluding hydrogens is 1760 g/mol. The lowest BCUT2D eigenvalue weighted by Gasteiger charge is -2.40. The number of nitrogens with one attached hydrogen (secondary N) is 1. The van der Waals surface area contributed by atoms with Crippen LogP contribution in [0.1, 0.15) is 306 Å². The van der Waals surface area contributed by atoms with Gasteiger partial charge in [0.1, 0.15) is 22.2 Å². The smallest absolute Gasteiger partial charge is 0.340 e. The van der Waals surface area contributed by atoms with Gasteiger partial charge in [0.2, 0.25) is 0 Å². The number of carbonyl (C=O) groups excluding carboxylic acids is 14. The quantitative estimate of drug-likeness (QED) is 0.0422. The van der Waals surface area contributed by atoms with Crippen LogP contribution in [0.5, 0.6) is 5.75 Å². The molecule has 0 radical (unpaired) electrons. The molecule has 20 rings (SSSR count). The molecule has 0 saturated heterocycles. The van der Waals surface area contributed by atoms with E-state index in [2.05, 4.69) is 53.8 Å². The highest BCUT2D eigenvalue weighted by atomic mass is 16.6. The Morgan fingerprint density at radius 3 is 0.929 bits per heavy atom. The van der Waals surface area contributed by atoms with E-state index in [0.717, 1.165) is 86.0 Å². The molecule has 0 bridgehead atoms. The standard InChI is InChI=1S/C26H24O2.C25H21NO3.C24H19NO3.2C24H18O4/c1-18(27)20-9-13-23(14-10-20)26(24-15-11-21(12-16-24)19(2)28)17-5-7-22-6-3-4-8-25(22)26;1-16(27)18-8-12-20(13-9-18)25(21-14-10-19(11-15-21)17(2)28)23-7-5-4-6-22(23)24(29)26(25)3;1-15(26)17-7-11-19(12-8-17)24(20-13-9-18(10-14-20)16(2)27)22-6-4-3-5-21(22)23(28)25-24;1-15(25)17-7-11-19(12-8-17)24(20-13-9-18(10-14-20)16(2)26)21-5-3-4-6-22(21)28-23(24)27;1-15(25)17-7-11-19(12-8-17)24(20-13-9-18(10-14-20)16(2)26)22-6-4-3-5-21(22)23(27)28-24/h3-4,6,8-16H,5,7,17H2,1-2H3;4-15H,1-3H3;3-14H,1-2H3,(H,25,28);2*3-14H,1-2H3. The average Bonchev–Trinajstić information content (AvgIpc) is 1.57. The summed E-state index contributed by atoms with van der Waals surface area (Å²) in [4.78, 5) is 171. The van der Waals surface area contributed by atoms with Gasteiger partial charge < -0.3 is 19.7 Å². The van der Waals surface area contributed by atoms with Crippen molar-refractivity contribution in [3.05, 3.63) is 525 Å². The molecule has 0 unspecified atom stereocenters. The fraction of sp³-hybridized carbons (Fsp3) is 0.154. The first-order chi connectivity index (χ1) is 67.7. The van der Waals surface area contributed by atoms with Crippen molar-refractivity contribution in [3.63, 3.8) is 0 Å². The molecule has 5 aliphatic rings. The van der Waals surface area contributed by atoms with Crippen LogP contribution < -0.4 is 10.1 Å². The number of esters is 2. The number of hydrogen-bond acceptors (Lipinski definition) is 16. The third-order valence-electron chi connectivity index (χ3n) is 27.6. The molecule has 698 valence electrons. The predicted octanol–water partition coefficient (Wildman–Crippen LogP) is 23.3. The highest BCUT2D eigenvalue weighted by molar-refractivity contribution is 6.06. The van der Waals surface area contributed by atoms with E-state index in [-0.39, 0.29) is 75.1 Å². The van der Waals surface area contributed by atoms with Crippen LogP contribution in [-0.4, -0.2) is 93.5 Å². The summed E-state index contributed by atoms with van der Waals surface area (Å²) in [6, 6.07) is 112. The number of para-hydroxylation sites is 1. The van der Waals surface area contributed by atoms with E-state index in [4.69, 9.17) is 9.47 Å². The van der Waals surface area contributed by atoms with Gasteiger partial charge in [0.05, 0.1) is 5.56 Å². The van der Waals surface area contributed by atoms with E-state index >= 15 is 0 Å². The molecule has 18 heteroatoms. The third-order valence-corrected chi connectivity index (χ3v) is 27.6. The summed E-state index contributed by atoms with van der Waals surface area (Å²) >= 11 is 0. The Labute approximate surface area is 817 Å². The van der Waals surface area contributed by atoms with Crippen molar-refractivity contribution in [2.24, 2.45) is 0 Å². The molecule has 0 fully saturated rings. The number of nitrogens with zero attached hydrogens (tertiary/aromatic N) is 1. The number of benzene rings is 15. The lowest BCUT2D eigenvalue weighted by molar-refractivity contribution is -0.135. The van der Waals surface area contributed by atoms with E-state index in [9.17, 15) is 67.1 Å². The second-order valence-electron chi connectivity index (χ2n) is 35.9. The average molecular weight is 1860 g/mol. The van der Waals surface area contributed by atoms with Crippen molar-refractivity contribution in [2.75, 3.05) is 7.05 Å². The van der Waals surface area contributed by atoms with Crippen molar-refractivity contribution in [3.8, 4) is 5.75 Å². The largest absolute Gasteiger partial charge is 0.441 e. The molecule has 0 atom stereocenters.